The van der Waals surface area contributed by atoms with Gasteiger partial charge >= 0.3 is 0 Å². The van der Waals surface area contributed by atoms with E-state index in [1.54, 1.807) is 0 Å². The van der Waals surface area contributed by atoms with E-state index in [1.165, 1.54) is 5.69 Å². The zero-order chi connectivity index (χ0) is 19.5. The number of amides is 1. The monoisotopic (exact) mass is 396 g/mol. The molecule has 28 heavy (non-hydrogen) atoms. The summed E-state index contributed by atoms with van der Waals surface area (Å²) in [6.45, 7) is 4.22. The van der Waals surface area contributed by atoms with Crippen LogP contribution in [0.5, 0.6) is 5.75 Å². The number of halogens is 1. The van der Waals surface area contributed by atoms with Gasteiger partial charge in [-0.2, -0.15) is 0 Å². The lowest BCUT2D eigenvalue weighted by Crippen LogP contribution is -2.38. The third-order valence-corrected chi connectivity index (χ3v) is 5.72. The van der Waals surface area contributed by atoms with Gasteiger partial charge in [0.2, 0.25) is 5.91 Å². The lowest BCUT2D eigenvalue weighted by molar-refractivity contribution is -0.131. The molecule has 4 nitrogen and oxygen atoms in total. The first-order chi connectivity index (χ1) is 13.6. The first-order valence-electron chi connectivity index (χ1n) is 9.90. The quantitative estimate of drug-likeness (QED) is 0.646. The number of carbonyl (C=O) groups excluding carboxylic acids is 1. The molecule has 1 amide bonds. The summed E-state index contributed by atoms with van der Waals surface area (Å²) in [5.74, 6) is 1.51. The van der Waals surface area contributed by atoms with Gasteiger partial charge in [-0.1, -0.05) is 23.7 Å². The van der Waals surface area contributed by atoms with E-state index < -0.39 is 0 Å². The van der Waals surface area contributed by atoms with Crippen molar-refractivity contribution < 1.29 is 9.53 Å². The van der Waals surface area contributed by atoms with E-state index in [2.05, 4.69) is 11.1 Å². The summed E-state index contributed by atoms with van der Waals surface area (Å²) in [6.07, 6.45) is 2.41. The van der Waals surface area contributed by atoms with Crippen molar-refractivity contribution in [1.82, 2.24) is 9.88 Å². The lowest BCUT2D eigenvalue weighted by Gasteiger charge is -2.31. The Hall–Kier alpha value is -2.46. The van der Waals surface area contributed by atoms with Crippen molar-refractivity contribution >= 4 is 28.4 Å². The molecule has 0 spiro atoms. The molecule has 5 heteroatoms. The van der Waals surface area contributed by atoms with E-state index in [4.69, 9.17) is 16.3 Å². The minimum atomic E-state index is 0.200. The van der Waals surface area contributed by atoms with Crippen molar-refractivity contribution in [2.24, 2.45) is 0 Å². The number of H-pyrrole nitrogens is 1. The van der Waals surface area contributed by atoms with Crippen LogP contribution in [0.15, 0.2) is 48.5 Å². The van der Waals surface area contributed by atoms with Crippen LogP contribution in [0, 0.1) is 0 Å². The molecule has 2 aromatic carbocycles. The zero-order valence-corrected chi connectivity index (χ0v) is 16.8. The summed E-state index contributed by atoms with van der Waals surface area (Å²) in [5, 5.41) is 1.91. The van der Waals surface area contributed by atoms with Gasteiger partial charge in [-0.3, -0.25) is 4.79 Å². The Morgan fingerprint density at radius 3 is 2.61 bits per heavy atom. The SMILES string of the molecule is CCOc1ccc(CC(=O)N2CCC(c3cc4cc(Cl)ccc4[nH]3)CC2)cc1. The minimum Gasteiger partial charge on any atom is -0.494 e. The Morgan fingerprint density at radius 2 is 1.89 bits per heavy atom. The van der Waals surface area contributed by atoms with E-state index in [0.29, 0.717) is 18.9 Å². The number of hydrogen-bond donors (Lipinski definition) is 1. The second-order valence-electron chi connectivity index (χ2n) is 7.37. The third kappa shape index (κ3) is 4.17. The van der Waals surface area contributed by atoms with Crippen LogP contribution in [0.2, 0.25) is 5.02 Å². The van der Waals surface area contributed by atoms with E-state index >= 15 is 0 Å². The van der Waals surface area contributed by atoms with Gasteiger partial charge in [0.05, 0.1) is 13.0 Å². The topological polar surface area (TPSA) is 45.3 Å². The molecule has 146 valence electrons. The molecular weight excluding hydrogens is 372 g/mol. The highest BCUT2D eigenvalue weighted by Crippen LogP contribution is 2.31. The first-order valence-corrected chi connectivity index (χ1v) is 10.3. The molecule has 4 rings (SSSR count). The maximum Gasteiger partial charge on any atom is 0.226 e. The smallest absolute Gasteiger partial charge is 0.226 e. The lowest BCUT2D eigenvalue weighted by atomic mass is 9.93. The van der Waals surface area contributed by atoms with Gasteiger partial charge in [0, 0.05) is 40.6 Å². The van der Waals surface area contributed by atoms with Gasteiger partial charge in [-0.05, 0) is 61.7 Å². The summed E-state index contributed by atoms with van der Waals surface area (Å²) in [7, 11) is 0. The maximum absolute atomic E-state index is 12.7. The molecule has 1 N–H and O–H groups in total. The van der Waals surface area contributed by atoms with Crippen LogP contribution in [0.4, 0.5) is 0 Å². The number of nitrogens with one attached hydrogen (secondary N) is 1. The molecule has 0 bridgehead atoms. The Bertz CT molecular complexity index is 956. The first kappa shape index (κ1) is 18.9. The average Bonchev–Trinajstić information content (AvgIpc) is 3.13. The molecule has 1 aliphatic heterocycles. The van der Waals surface area contributed by atoms with Gasteiger partial charge in [-0.15, -0.1) is 0 Å². The number of rotatable bonds is 5. The van der Waals surface area contributed by atoms with Crippen LogP contribution < -0.4 is 4.74 Å². The van der Waals surface area contributed by atoms with Crippen LogP contribution in [-0.2, 0) is 11.2 Å². The number of ether oxygens (including phenoxy) is 1. The fourth-order valence-electron chi connectivity index (χ4n) is 3.94. The molecule has 0 saturated carbocycles. The maximum atomic E-state index is 12.7. The van der Waals surface area contributed by atoms with E-state index in [-0.39, 0.29) is 5.91 Å². The van der Waals surface area contributed by atoms with E-state index in [9.17, 15) is 4.79 Å². The van der Waals surface area contributed by atoms with Crippen LogP contribution in [0.3, 0.4) is 0 Å². The second-order valence-corrected chi connectivity index (χ2v) is 7.80. The van der Waals surface area contributed by atoms with Crippen LogP contribution in [0.25, 0.3) is 10.9 Å². The number of hydrogen-bond acceptors (Lipinski definition) is 2. The van der Waals surface area contributed by atoms with Crippen LogP contribution in [-0.4, -0.2) is 35.5 Å². The van der Waals surface area contributed by atoms with Gasteiger partial charge < -0.3 is 14.6 Å². The summed E-state index contributed by atoms with van der Waals surface area (Å²) < 4.78 is 5.46. The number of benzene rings is 2. The van der Waals surface area contributed by atoms with E-state index in [0.717, 1.165) is 53.2 Å². The Morgan fingerprint density at radius 1 is 1.14 bits per heavy atom. The molecular formula is C23H25ClN2O2. The number of fused-ring (bicyclic) bond motifs is 1. The third-order valence-electron chi connectivity index (χ3n) is 5.48. The van der Waals surface area contributed by atoms with Gasteiger partial charge in [0.1, 0.15) is 5.75 Å². The van der Waals surface area contributed by atoms with Crippen molar-refractivity contribution in [2.75, 3.05) is 19.7 Å². The van der Waals surface area contributed by atoms with Crippen molar-refractivity contribution in [3.05, 3.63) is 64.8 Å². The predicted molar refractivity (Wildman–Crippen MR) is 113 cm³/mol. The normalized spacial score (nSPS) is 15.1. The summed E-state index contributed by atoms with van der Waals surface area (Å²) in [6, 6.07) is 15.9. The molecule has 1 aliphatic rings. The Labute approximate surface area is 170 Å². The van der Waals surface area contributed by atoms with E-state index in [1.807, 2.05) is 54.3 Å². The molecule has 3 aromatic rings. The minimum absolute atomic E-state index is 0.200. The number of aromatic nitrogens is 1. The molecule has 1 fully saturated rings. The largest absolute Gasteiger partial charge is 0.494 e. The molecule has 0 aliphatic carbocycles. The highest BCUT2D eigenvalue weighted by molar-refractivity contribution is 6.31. The fraction of sp³-hybridized carbons (Fsp3) is 0.348. The predicted octanol–water partition coefficient (Wildman–Crippen LogP) is 5.17. The molecule has 0 atom stereocenters. The van der Waals surface area contributed by atoms with Crippen molar-refractivity contribution in [3.8, 4) is 5.75 Å². The van der Waals surface area contributed by atoms with Crippen LogP contribution in [0.1, 0.15) is 36.9 Å². The van der Waals surface area contributed by atoms with Gasteiger partial charge in [0.15, 0.2) is 0 Å². The second kappa shape index (κ2) is 8.27. The standard InChI is InChI=1S/C23H25ClN2O2/c1-2-28-20-6-3-16(4-7-20)13-23(27)26-11-9-17(10-12-26)22-15-18-14-19(24)5-8-21(18)25-22/h3-8,14-15,17,25H,2,9-13H2,1H3. The van der Waals surface area contributed by atoms with Crippen LogP contribution >= 0.6 is 11.6 Å². The fourth-order valence-corrected chi connectivity index (χ4v) is 4.12. The number of likely N-dealkylation sites (tertiary alicyclic amines) is 1. The van der Waals surface area contributed by atoms with Crippen molar-refractivity contribution in [3.63, 3.8) is 0 Å². The molecule has 1 aromatic heterocycles. The van der Waals surface area contributed by atoms with Gasteiger partial charge in [-0.25, -0.2) is 0 Å². The summed E-state index contributed by atoms with van der Waals surface area (Å²) in [5.41, 5.74) is 3.40. The number of carbonyl (C=O) groups is 1. The van der Waals surface area contributed by atoms with Gasteiger partial charge in [0.25, 0.3) is 0 Å². The molecule has 2 heterocycles. The molecule has 0 unspecified atom stereocenters. The zero-order valence-electron chi connectivity index (χ0n) is 16.1. The Balaban J connectivity index is 1.34. The summed E-state index contributed by atoms with van der Waals surface area (Å²) >= 11 is 6.09. The van der Waals surface area contributed by atoms with Crippen molar-refractivity contribution in [1.29, 1.82) is 0 Å². The Kier molecular flexibility index (Phi) is 5.58. The number of aromatic amines is 1. The number of piperidine rings is 1. The van der Waals surface area contributed by atoms with Crippen molar-refractivity contribution in [2.45, 2.75) is 32.1 Å². The molecule has 0 radical (unpaired) electrons. The summed E-state index contributed by atoms with van der Waals surface area (Å²) in [4.78, 5) is 18.2. The molecule has 1 saturated heterocycles. The average molecular weight is 397 g/mol. The number of nitrogens with zero attached hydrogens (tertiary/aromatic N) is 1. The highest BCUT2D eigenvalue weighted by atomic mass is 35.5. The highest BCUT2D eigenvalue weighted by Gasteiger charge is 2.24.